The van der Waals surface area contributed by atoms with Gasteiger partial charge in [-0.2, -0.15) is 11.3 Å². The topological polar surface area (TPSA) is 36.7 Å². The van der Waals surface area contributed by atoms with Crippen molar-refractivity contribution >= 4 is 22.8 Å². The lowest BCUT2D eigenvalue weighted by Gasteiger charge is -2.35. The van der Waals surface area contributed by atoms with Crippen molar-refractivity contribution in [2.45, 2.75) is 6.54 Å². The van der Waals surface area contributed by atoms with E-state index in [-0.39, 0.29) is 0 Å². The molecule has 1 aliphatic rings. The van der Waals surface area contributed by atoms with Crippen LogP contribution < -0.4 is 4.90 Å². The highest BCUT2D eigenvalue weighted by molar-refractivity contribution is 7.07. The van der Waals surface area contributed by atoms with Gasteiger partial charge in [-0.05, 0) is 22.4 Å². The molecule has 0 unspecified atom stereocenters. The molecule has 1 aromatic carbocycles. The third-order valence-electron chi connectivity index (χ3n) is 5.14. The number of hydrogen-bond donors (Lipinski definition) is 0. The van der Waals surface area contributed by atoms with E-state index in [0.29, 0.717) is 0 Å². The Balaban J connectivity index is 1.37. The van der Waals surface area contributed by atoms with Crippen molar-refractivity contribution in [3.63, 3.8) is 0 Å². The molecule has 1 aliphatic heterocycles. The van der Waals surface area contributed by atoms with Crippen LogP contribution in [0.4, 0.5) is 5.82 Å². The summed E-state index contributed by atoms with van der Waals surface area (Å²) in [6.45, 7) is 5.08. The minimum Gasteiger partial charge on any atom is -0.351 e. The largest absolute Gasteiger partial charge is 0.351 e. The number of anilines is 1. The first-order valence-corrected chi connectivity index (χ1v) is 10.2. The van der Waals surface area contributed by atoms with Gasteiger partial charge < -0.3 is 4.90 Å². The van der Waals surface area contributed by atoms with Crippen LogP contribution in [0.1, 0.15) is 5.56 Å². The first kappa shape index (κ1) is 16.5. The first-order chi connectivity index (χ1) is 13.4. The van der Waals surface area contributed by atoms with E-state index in [9.17, 15) is 0 Å². The van der Waals surface area contributed by atoms with E-state index < -0.39 is 0 Å². The molecule has 0 bridgehead atoms. The van der Waals surface area contributed by atoms with Crippen molar-refractivity contribution < 1.29 is 0 Å². The van der Waals surface area contributed by atoms with Crippen molar-refractivity contribution in [2.24, 2.45) is 0 Å². The summed E-state index contributed by atoms with van der Waals surface area (Å²) < 4.78 is 2.15. The molecular weight excluding hydrogens is 354 g/mol. The summed E-state index contributed by atoms with van der Waals surface area (Å²) in [6, 6.07) is 12.6. The third-order valence-corrected chi connectivity index (χ3v) is 5.87. The van der Waals surface area contributed by atoms with E-state index in [4.69, 9.17) is 4.98 Å². The quantitative estimate of drug-likeness (QED) is 0.544. The van der Waals surface area contributed by atoms with Crippen molar-refractivity contribution in [2.75, 3.05) is 31.1 Å². The number of nitrogens with zero attached hydrogens (tertiary/aromatic N) is 5. The van der Waals surface area contributed by atoms with Gasteiger partial charge in [-0.1, -0.05) is 30.3 Å². The van der Waals surface area contributed by atoms with E-state index >= 15 is 0 Å². The molecule has 1 fully saturated rings. The Morgan fingerprint density at radius 1 is 0.963 bits per heavy atom. The molecule has 0 atom stereocenters. The Labute approximate surface area is 162 Å². The third kappa shape index (κ3) is 3.22. The number of benzene rings is 1. The smallest absolute Gasteiger partial charge is 0.180 e. The average Bonchev–Trinajstić information content (AvgIpc) is 3.39. The summed E-state index contributed by atoms with van der Waals surface area (Å²) in [7, 11) is 0. The maximum Gasteiger partial charge on any atom is 0.180 e. The van der Waals surface area contributed by atoms with Gasteiger partial charge in [0.25, 0.3) is 0 Å². The van der Waals surface area contributed by atoms with Crippen LogP contribution in [0.2, 0.25) is 0 Å². The molecule has 136 valence electrons. The Morgan fingerprint density at radius 2 is 1.81 bits per heavy atom. The van der Waals surface area contributed by atoms with Crippen LogP contribution in [-0.4, -0.2) is 45.4 Å². The number of hydrogen-bond acceptors (Lipinski definition) is 5. The van der Waals surface area contributed by atoms with Crippen LogP contribution in [0.5, 0.6) is 0 Å². The van der Waals surface area contributed by atoms with Crippen LogP contribution >= 0.6 is 11.3 Å². The molecule has 0 spiro atoms. The van der Waals surface area contributed by atoms with Gasteiger partial charge in [0.05, 0.1) is 11.9 Å². The molecule has 0 amide bonds. The normalized spacial score (nSPS) is 15.5. The summed E-state index contributed by atoms with van der Waals surface area (Å²) in [5.41, 5.74) is 4.62. The Hall–Kier alpha value is -2.70. The Kier molecular flexibility index (Phi) is 4.35. The second-order valence-electron chi connectivity index (χ2n) is 6.85. The summed E-state index contributed by atoms with van der Waals surface area (Å²) in [5, 5.41) is 4.39. The molecule has 0 N–H and O–H groups in total. The number of imidazole rings is 1. The van der Waals surface area contributed by atoms with E-state index in [1.165, 1.54) is 11.1 Å². The second-order valence-corrected chi connectivity index (χ2v) is 7.63. The standard InChI is InChI=1S/C21H21N5S/c1-2-4-18(5-3-1)19-14-23-21-20(22-7-8-26(19)21)25-11-9-24(10-12-25)15-17-6-13-27-16-17/h1-8,13-14,16H,9-12,15H2. The summed E-state index contributed by atoms with van der Waals surface area (Å²) >= 11 is 1.77. The van der Waals surface area contributed by atoms with E-state index in [2.05, 4.69) is 60.3 Å². The lowest BCUT2D eigenvalue weighted by atomic mass is 10.2. The number of aromatic nitrogens is 3. The van der Waals surface area contributed by atoms with E-state index in [1.807, 2.05) is 24.7 Å². The molecular formula is C21H21N5S. The molecule has 0 saturated carbocycles. The highest BCUT2D eigenvalue weighted by Crippen LogP contribution is 2.25. The van der Waals surface area contributed by atoms with Gasteiger partial charge in [-0.15, -0.1) is 0 Å². The number of piperazine rings is 1. The van der Waals surface area contributed by atoms with Gasteiger partial charge in [-0.25, -0.2) is 9.97 Å². The minimum atomic E-state index is 0.933. The van der Waals surface area contributed by atoms with Crippen LogP contribution in [0, 0.1) is 0 Å². The van der Waals surface area contributed by atoms with E-state index in [0.717, 1.165) is 49.9 Å². The second kappa shape index (κ2) is 7.13. The molecule has 1 saturated heterocycles. The number of fused-ring (bicyclic) bond motifs is 1. The molecule has 4 aromatic rings. The van der Waals surface area contributed by atoms with Gasteiger partial charge in [-0.3, -0.25) is 9.30 Å². The molecule has 27 heavy (non-hydrogen) atoms. The zero-order valence-corrected chi connectivity index (χ0v) is 15.8. The molecule has 0 aliphatic carbocycles. The molecule has 5 rings (SSSR count). The van der Waals surface area contributed by atoms with Crippen LogP contribution in [-0.2, 0) is 6.54 Å². The SMILES string of the molecule is c1ccc(-c2cnc3c(N4CCN(Cc5ccsc5)CC4)nccn23)cc1. The van der Waals surface area contributed by atoms with Gasteiger partial charge in [0, 0.05) is 50.7 Å². The average molecular weight is 376 g/mol. The van der Waals surface area contributed by atoms with Gasteiger partial charge >= 0.3 is 0 Å². The maximum atomic E-state index is 4.70. The predicted molar refractivity (Wildman–Crippen MR) is 110 cm³/mol. The monoisotopic (exact) mass is 375 g/mol. The van der Waals surface area contributed by atoms with Crippen LogP contribution in [0.25, 0.3) is 16.9 Å². The Bertz CT molecular complexity index is 1020. The first-order valence-electron chi connectivity index (χ1n) is 9.24. The summed E-state index contributed by atoms with van der Waals surface area (Å²) in [6.07, 6.45) is 5.83. The van der Waals surface area contributed by atoms with E-state index in [1.54, 1.807) is 11.3 Å². The van der Waals surface area contributed by atoms with Crippen molar-refractivity contribution in [3.8, 4) is 11.3 Å². The summed E-state index contributed by atoms with van der Waals surface area (Å²) in [5.74, 6) is 0.981. The molecule has 3 aromatic heterocycles. The highest BCUT2D eigenvalue weighted by Gasteiger charge is 2.21. The fourth-order valence-corrected chi connectivity index (χ4v) is 4.37. The lowest BCUT2D eigenvalue weighted by molar-refractivity contribution is 0.249. The zero-order chi connectivity index (χ0) is 18.1. The molecule has 5 nitrogen and oxygen atoms in total. The highest BCUT2D eigenvalue weighted by atomic mass is 32.1. The fourth-order valence-electron chi connectivity index (χ4n) is 3.71. The minimum absolute atomic E-state index is 0.933. The van der Waals surface area contributed by atoms with Gasteiger partial charge in [0.2, 0.25) is 0 Å². The molecule has 0 radical (unpaired) electrons. The number of thiophene rings is 1. The van der Waals surface area contributed by atoms with Crippen molar-refractivity contribution in [3.05, 3.63) is 71.3 Å². The zero-order valence-electron chi connectivity index (χ0n) is 15.0. The van der Waals surface area contributed by atoms with Gasteiger partial charge in [0.15, 0.2) is 11.5 Å². The Morgan fingerprint density at radius 3 is 2.59 bits per heavy atom. The number of rotatable bonds is 4. The van der Waals surface area contributed by atoms with Gasteiger partial charge in [0.1, 0.15) is 0 Å². The van der Waals surface area contributed by atoms with Crippen molar-refractivity contribution in [1.82, 2.24) is 19.3 Å². The molecule has 4 heterocycles. The maximum absolute atomic E-state index is 4.70. The van der Waals surface area contributed by atoms with Crippen molar-refractivity contribution in [1.29, 1.82) is 0 Å². The fraction of sp³-hybridized carbons (Fsp3) is 0.238. The predicted octanol–water partition coefficient (Wildman–Crippen LogP) is 3.78. The molecule has 6 heteroatoms. The lowest BCUT2D eigenvalue weighted by Crippen LogP contribution is -2.46. The van der Waals surface area contributed by atoms with Crippen LogP contribution in [0.15, 0.2) is 65.7 Å². The van der Waals surface area contributed by atoms with Crippen LogP contribution in [0.3, 0.4) is 0 Å². The summed E-state index contributed by atoms with van der Waals surface area (Å²) in [4.78, 5) is 14.2.